The number of amides is 4. The molecule has 0 unspecified atom stereocenters. The smallest absolute Gasteiger partial charge is 0.333 e. The third-order valence-corrected chi connectivity index (χ3v) is 4.19. The lowest BCUT2D eigenvalue weighted by Gasteiger charge is -2.12. The molecular formula is C19H31N3O7. The Morgan fingerprint density at radius 2 is 1.41 bits per heavy atom. The van der Waals surface area contributed by atoms with Crippen LogP contribution in [-0.2, 0) is 33.5 Å². The summed E-state index contributed by atoms with van der Waals surface area (Å²) in [4.78, 5) is 61.8. The number of hydroxylamine groups is 2. The molecule has 1 heterocycles. The summed E-state index contributed by atoms with van der Waals surface area (Å²) in [7, 11) is 0. The number of rotatable bonds is 15. The molecule has 1 aliphatic heterocycles. The Bertz CT molecular complexity index is 564. The van der Waals surface area contributed by atoms with Crippen molar-refractivity contribution >= 4 is 29.6 Å². The van der Waals surface area contributed by atoms with Crippen LogP contribution in [0.1, 0.15) is 64.7 Å². The van der Waals surface area contributed by atoms with Gasteiger partial charge in [-0.25, -0.2) is 4.79 Å². The van der Waals surface area contributed by atoms with Gasteiger partial charge in [0.2, 0.25) is 11.8 Å². The van der Waals surface area contributed by atoms with E-state index in [0.29, 0.717) is 57.0 Å². The molecular weight excluding hydrogens is 382 g/mol. The Hall–Kier alpha value is -2.49. The summed E-state index contributed by atoms with van der Waals surface area (Å²) in [6, 6.07) is 0. The average Bonchev–Trinajstić information content (AvgIpc) is 3.01. The number of ether oxygens (including phenoxy) is 1. The largest absolute Gasteiger partial charge is 0.378 e. The van der Waals surface area contributed by atoms with Crippen molar-refractivity contribution in [1.82, 2.24) is 15.7 Å². The van der Waals surface area contributed by atoms with Crippen LogP contribution in [0, 0.1) is 0 Å². The Morgan fingerprint density at radius 1 is 0.862 bits per heavy atom. The highest BCUT2D eigenvalue weighted by molar-refractivity contribution is 6.01. The second kappa shape index (κ2) is 14.5. The van der Waals surface area contributed by atoms with Gasteiger partial charge in [0.05, 0.1) is 13.2 Å². The van der Waals surface area contributed by atoms with Crippen molar-refractivity contribution in [2.75, 3.05) is 26.3 Å². The van der Waals surface area contributed by atoms with Crippen LogP contribution in [0.15, 0.2) is 0 Å². The van der Waals surface area contributed by atoms with Crippen LogP contribution in [0.4, 0.5) is 0 Å². The Balaban J connectivity index is 1.91. The summed E-state index contributed by atoms with van der Waals surface area (Å²) in [5.41, 5.74) is 0. The van der Waals surface area contributed by atoms with E-state index in [2.05, 4.69) is 10.6 Å². The van der Waals surface area contributed by atoms with E-state index in [9.17, 15) is 24.0 Å². The number of unbranched alkanes of at least 4 members (excludes halogenated alkanes) is 3. The van der Waals surface area contributed by atoms with E-state index in [4.69, 9.17) is 9.57 Å². The highest BCUT2D eigenvalue weighted by Crippen LogP contribution is 2.13. The number of hydrogen-bond donors (Lipinski definition) is 2. The highest BCUT2D eigenvalue weighted by atomic mass is 16.7. The highest BCUT2D eigenvalue weighted by Gasteiger charge is 2.32. The zero-order chi connectivity index (χ0) is 21.5. The van der Waals surface area contributed by atoms with E-state index in [-0.39, 0.29) is 31.1 Å². The molecule has 1 rings (SSSR count). The van der Waals surface area contributed by atoms with Crippen molar-refractivity contribution in [3.8, 4) is 0 Å². The number of carbonyl (C=O) groups is 5. The summed E-state index contributed by atoms with van der Waals surface area (Å²) in [5.74, 6) is -1.64. The molecule has 0 aromatic rings. The summed E-state index contributed by atoms with van der Waals surface area (Å²) in [6.07, 6.45) is 3.93. The maximum atomic E-state index is 11.7. The van der Waals surface area contributed by atoms with Gasteiger partial charge in [-0.05, 0) is 12.8 Å². The fraction of sp³-hybridized carbons (Fsp3) is 0.737. The first-order valence-corrected chi connectivity index (χ1v) is 10.1. The standard InChI is InChI=1S/C19H31N3O7/c1-2-15(23)20-11-13-28-14-12-21-16(24)7-5-3-4-6-8-19(27)29-22-17(25)9-10-18(22)26/h2-14H2,1H3,(H,20,23)(H,21,24). The molecule has 164 valence electrons. The first-order valence-electron chi connectivity index (χ1n) is 10.1. The van der Waals surface area contributed by atoms with Crippen LogP contribution < -0.4 is 10.6 Å². The van der Waals surface area contributed by atoms with Gasteiger partial charge < -0.3 is 20.2 Å². The minimum Gasteiger partial charge on any atom is -0.378 e. The Kier molecular flexibility index (Phi) is 12.3. The van der Waals surface area contributed by atoms with Crippen molar-refractivity contribution in [1.29, 1.82) is 0 Å². The van der Waals surface area contributed by atoms with Gasteiger partial charge >= 0.3 is 5.97 Å². The topological polar surface area (TPSA) is 131 Å². The maximum absolute atomic E-state index is 11.7. The molecule has 0 bridgehead atoms. The van der Waals surface area contributed by atoms with Crippen molar-refractivity contribution in [3.63, 3.8) is 0 Å². The van der Waals surface area contributed by atoms with Gasteiger partial charge in [0.15, 0.2) is 0 Å². The number of nitrogens with zero attached hydrogens (tertiary/aromatic N) is 1. The summed E-state index contributed by atoms with van der Waals surface area (Å²) >= 11 is 0. The third-order valence-electron chi connectivity index (χ3n) is 4.19. The van der Waals surface area contributed by atoms with Crippen molar-refractivity contribution < 1.29 is 33.5 Å². The second-order valence-corrected chi connectivity index (χ2v) is 6.63. The third kappa shape index (κ3) is 11.2. The molecule has 1 saturated heterocycles. The molecule has 10 nitrogen and oxygen atoms in total. The van der Waals surface area contributed by atoms with Crippen molar-refractivity contribution in [3.05, 3.63) is 0 Å². The molecule has 0 aromatic heterocycles. The molecule has 1 fully saturated rings. The van der Waals surface area contributed by atoms with E-state index in [1.807, 2.05) is 0 Å². The molecule has 0 radical (unpaired) electrons. The second-order valence-electron chi connectivity index (χ2n) is 6.63. The van der Waals surface area contributed by atoms with Crippen LogP contribution in [-0.4, -0.2) is 61.0 Å². The van der Waals surface area contributed by atoms with Gasteiger partial charge in [-0.2, -0.15) is 0 Å². The van der Waals surface area contributed by atoms with Crippen molar-refractivity contribution in [2.24, 2.45) is 0 Å². The predicted molar refractivity (Wildman–Crippen MR) is 102 cm³/mol. The fourth-order valence-corrected chi connectivity index (χ4v) is 2.55. The first-order chi connectivity index (χ1) is 13.9. The minimum absolute atomic E-state index is 0.0180. The molecule has 2 N–H and O–H groups in total. The summed E-state index contributed by atoms with van der Waals surface area (Å²) in [6.45, 7) is 3.45. The Labute approximate surface area is 170 Å². The van der Waals surface area contributed by atoms with Crippen LogP contribution >= 0.6 is 0 Å². The van der Waals surface area contributed by atoms with Gasteiger partial charge in [0, 0.05) is 45.2 Å². The monoisotopic (exact) mass is 413 g/mol. The first kappa shape index (κ1) is 24.5. The molecule has 0 spiro atoms. The molecule has 0 aliphatic carbocycles. The molecule has 0 atom stereocenters. The fourth-order valence-electron chi connectivity index (χ4n) is 2.55. The number of carbonyl (C=O) groups excluding carboxylic acids is 5. The van der Waals surface area contributed by atoms with E-state index in [0.717, 1.165) is 12.8 Å². The van der Waals surface area contributed by atoms with Gasteiger partial charge in [-0.3, -0.25) is 19.2 Å². The van der Waals surface area contributed by atoms with Crippen molar-refractivity contribution in [2.45, 2.75) is 64.7 Å². The summed E-state index contributed by atoms with van der Waals surface area (Å²) in [5, 5.41) is 6.00. The minimum atomic E-state index is -0.597. The van der Waals surface area contributed by atoms with Gasteiger partial charge in [0.25, 0.3) is 11.8 Å². The predicted octanol–water partition coefficient (Wildman–Crippen LogP) is 0.593. The molecule has 0 saturated carbocycles. The lowest BCUT2D eigenvalue weighted by Crippen LogP contribution is -2.31. The summed E-state index contributed by atoms with van der Waals surface area (Å²) < 4.78 is 5.30. The van der Waals surface area contributed by atoms with E-state index >= 15 is 0 Å². The number of nitrogens with one attached hydrogen (secondary N) is 2. The zero-order valence-electron chi connectivity index (χ0n) is 17.0. The van der Waals surface area contributed by atoms with Gasteiger partial charge in [0.1, 0.15) is 0 Å². The quantitative estimate of drug-likeness (QED) is 0.297. The van der Waals surface area contributed by atoms with E-state index in [1.165, 1.54) is 0 Å². The molecule has 10 heteroatoms. The van der Waals surface area contributed by atoms with E-state index in [1.54, 1.807) is 6.92 Å². The normalized spacial score (nSPS) is 13.5. The van der Waals surface area contributed by atoms with Crippen LogP contribution in [0.3, 0.4) is 0 Å². The maximum Gasteiger partial charge on any atom is 0.333 e. The molecule has 4 amide bonds. The van der Waals surface area contributed by atoms with Gasteiger partial charge in [-0.15, -0.1) is 5.06 Å². The molecule has 1 aliphatic rings. The van der Waals surface area contributed by atoms with Gasteiger partial charge in [-0.1, -0.05) is 19.8 Å². The van der Waals surface area contributed by atoms with Crippen LogP contribution in [0.5, 0.6) is 0 Å². The number of imide groups is 1. The lowest BCUT2D eigenvalue weighted by molar-refractivity contribution is -0.197. The molecule has 0 aromatic carbocycles. The zero-order valence-corrected chi connectivity index (χ0v) is 17.0. The molecule has 29 heavy (non-hydrogen) atoms. The van der Waals surface area contributed by atoms with Crippen LogP contribution in [0.2, 0.25) is 0 Å². The number of hydrogen-bond acceptors (Lipinski definition) is 7. The van der Waals surface area contributed by atoms with E-state index < -0.39 is 17.8 Å². The lowest BCUT2D eigenvalue weighted by atomic mass is 10.1. The SMILES string of the molecule is CCC(=O)NCCOCCNC(=O)CCCCCCC(=O)ON1C(=O)CCC1=O. The van der Waals surface area contributed by atoms with Crippen LogP contribution in [0.25, 0.3) is 0 Å². The average molecular weight is 413 g/mol. The Morgan fingerprint density at radius 3 is 2.00 bits per heavy atom.